The molecule has 0 saturated carbocycles. The molecule has 7 heteroatoms. The van der Waals surface area contributed by atoms with Crippen molar-refractivity contribution in [3.8, 4) is 0 Å². The van der Waals surface area contributed by atoms with Gasteiger partial charge < -0.3 is 4.90 Å². The van der Waals surface area contributed by atoms with Crippen LogP contribution in [0.3, 0.4) is 0 Å². The van der Waals surface area contributed by atoms with Gasteiger partial charge in [0.1, 0.15) is 5.57 Å². The third kappa shape index (κ3) is 3.05. The van der Waals surface area contributed by atoms with E-state index < -0.39 is 0 Å². The standard InChI is InChI=1S/C21H24ClN3O2S/c1-6-24-18(26)14(19(27)25(7-2)20(24)28)9-11-17-21(3,4)15-12-13(22)8-10-16(15)23(17)5/h8-12H,6-7H2,1-5H3/b17-11-. The van der Waals surface area contributed by atoms with Crippen molar-refractivity contribution >= 4 is 46.4 Å². The molecule has 0 atom stereocenters. The minimum atomic E-state index is -0.349. The number of allylic oxidation sites excluding steroid dienone is 3. The number of hydrogen-bond donors (Lipinski definition) is 0. The van der Waals surface area contributed by atoms with Gasteiger partial charge in [0.25, 0.3) is 11.8 Å². The van der Waals surface area contributed by atoms with Gasteiger partial charge in [0.05, 0.1) is 0 Å². The summed E-state index contributed by atoms with van der Waals surface area (Å²) < 4.78 is 0. The average molecular weight is 418 g/mol. The first-order chi connectivity index (χ1) is 13.1. The molecule has 1 fully saturated rings. The summed E-state index contributed by atoms with van der Waals surface area (Å²) in [5.41, 5.74) is 2.98. The summed E-state index contributed by atoms with van der Waals surface area (Å²) in [4.78, 5) is 30.6. The molecule has 3 rings (SSSR count). The van der Waals surface area contributed by atoms with E-state index in [1.807, 2.05) is 45.2 Å². The van der Waals surface area contributed by atoms with E-state index in [2.05, 4.69) is 18.7 Å². The topological polar surface area (TPSA) is 43.9 Å². The summed E-state index contributed by atoms with van der Waals surface area (Å²) in [6.45, 7) is 8.74. The zero-order chi connectivity index (χ0) is 20.8. The Bertz CT molecular complexity index is 908. The maximum absolute atomic E-state index is 12.8. The molecule has 1 saturated heterocycles. The number of thiocarbonyl (C=S) groups is 1. The molecule has 0 N–H and O–H groups in total. The summed E-state index contributed by atoms with van der Waals surface area (Å²) in [6.07, 6.45) is 3.48. The molecule has 0 spiro atoms. The molecule has 0 unspecified atom stereocenters. The molecule has 28 heavy (non-hydrogen) atoms. The number of anilines is 1. The number of hydrogen-bond acceptors (Lipinski definition) is 4. The van der Waals surface area contributed by atoms with E-state index in [1.165, 1.54) is 9.80 Å². The molecule has 2 aliphatic rings. The van der Waals surface area contributed by atoms with Gasteiger partial charge in [0, 0.05) is 42.0 Å². The molecule has 0 aliphatic carbocycles. The fraction of sp³-hybridized carbons (Fsp3) is 0.381. The molecule has 1 aromatic carbocycles. The Balaban J connectivity index is 2.06. The van der Waals surface area contributed by atoms with Crippen LogP contribution in [0, 0.1) is 0 Å². The highest BCUT2D eigenvalue weighted by Crippen LogP contribution is 2.47. The third-order valence-electron chi connectivity index (χ3n) is 5.45. The maximum atomic E-state index is 12.8. The van der Waals surface area contributed by atoms with Crippen LogP contribution in [0.25, 0.3) is 0 Å². The maximum Gasteiger partial charge on any atom is 0.265 e. The van der Waals surface area contributed by atoms with E-state index in [0.29, 0.717) is 18.1 Å². The summed E-state index contributed by atoms with van der Waals surface area (Å²) in [5, 5.41) is 0.952. The second kappa shape index (κ2) is 7.33. The van der Waals surface area contributed by atoms with E-state index in [1.54, 1.807) is 6.08 Å². The van der Waals surface area contributed by atoms with E-state index in [4.69, 9.17) is 23.8 Å². The van der Waals surface area contributed by atoms with Gasteiger partial charge in [-0.3, -0.25) is 19.4 Å². The first kappa shape index (κ1) is 20.6. The van der Waals surface area contributed by atoms with Crippen LogP contribution in [0.15, 0.2) is 41.6 Å². The van der Waals surface area contributed by atoms with Gasteiger partial charge in [0.2, 0.25) is 0 Å². The molecule has 2 heterocycles. The number of likely N-dealkylation sites (N-methyl/N-ethyl adjacent to an activating group) is 3. The lowest BCUT2D eigenvalue weighted by Crippen LogP contribution is -2.55. The minimum absolute atomic E-state index is 0.128. The van der Waals surface area contributed by atoms with Gasteiger partial charge in [-0.1, -0.05) is 25.4 Å². The van der Waals surface area contributed by atoms with Gasteiger partial charge >= 0.3 is 0 Å². The van der Waals surface area contributed by atoms with Crippen molar-refractivity contribution in [1.82, 2.24) is 9.80 Å². The van der Waals surface area contributed by atoms with Crippen LogP contribution < -0.4 is 4.90 Å². The van der Waals surface area contributed by atoms with Crippen molar-refractivity contribution in [2.45, 2.75) is 33.1 Å². The van der Waals surface area contributed by atoms with Crippen LogP contribution in [0.5, 0.6) is 0 Å². The smallest absolute Gasteiger partial charge is 0.265 e. The van der Waals surface area contributed by atoms with Gasteiger partial charge in [-0.2, -0.15) is 0 Å². The van der Waals surface area contributed by atoms with Gasteiger partial charge in [-0.25, -0.2) is 0 Å². The molecule has 0 radical (unpaired) electrons. The molecule has 2 aliphatic heterocycles. The van der Waals surface area contributed by atoms with Crippen molar-refractivity contribution < 1.29 is 9.59 Å². The molecule has 2 amide bonds. The fourth-order valence-corrected chi connectivity index (χ4v) is 4.47. The Kier molecular flexibility index (Phi) is 5.38. The van der Waals surface area contributed by atoms with E-state index in [9.17, 15) is 9.59 Å². The summed E-state index contributed by atoms with van der Waals surface area (Å²) >= 11 is 11.5. The normalized spacial score (nSPS) is 20.4. The third-order valence-corrected chi connectivity index (χ3v) is 6.12. The lowest BCUT2D eigenvalue weighted by Gasteiger charge is -2.35. The van der Waals surface area contributed by atoms with Crippen LogP contribution in [-0.4, -0.2) is 46.9 Å². The number of halogens is 1. The van der Waals surface area contributed by atoms with Crippen LogP contribution >= 0.6 is 23.8 Å². The quantitative estimate of drug-likeness (QED) is 0.425. The van der Waals surface area contributed by atoms with E-state index in [-0.39, 0.29) is 27.9 Å². The fourth-order valence-electron chi connectivity index (χ4n) is 3.87. The minimum Gasteiger partial charge on any atom is -0.347 e. The zero-order valence-corrected chi connectivity index (χ0v) is 18.3. The Morgan fingerprint density at radius 3 is 2.18 bits per heavy atom. The SMILES string of the molecule is CCN1C(=O)C(=C/C=C2\N(C)c3ccc(Cl)cc3C2(C)C)C(=O)N(CC)C1=S. The van der Waals surface area contributed by atoms with Crippen molar-refractivity contribution in [3.63, 3.8) is 0 Å². The van der Waals surface area contributed by atoms with Crippen molar-refractivity contribution in [2.75, 3.05) is 25.0 Å². The van der Waals surface area contributed by atoms with Crippen LogP contribution in [0.1, 0.15) is 33.3 Å². The van der Waals surface area contributed by atoms with Gasteiger partial charge in [-0.15, -0.1) is 0 Å². The van der Waals surface area contributed by atoms with Crippen molar-refractivity contribution in [1.29, 1.82) is 0 Å². The molecular weight excluding hydrogens is 394 g/mol. The lowest BCUT2D eigenvalue weighted by atomic mass is 9.83. The number of rotatable bonds is 3. The Morgan fingerprint density at radius 1 is 1.07 bits per heavy atom. The highest BCUT2D eigenvalue weighted by atomic mass is 35.5. The van der Waals surface area contributed by atoms with Gasteiger partial charge in [0.15, 0.2) is 5.11 Å². The number of carbonyl (C=O) groups excluding carboxylic acids is 2. The first-order valence-electron chi connectivity index (χ1n) is 9.29. The first-order valence-corrected chi connectivity index (χ1v) is 10.1. The summed E-state index contributed by atoms with van der Waals surface area (Å²) in [5.74, 6) is -0.698. The number of nitrogens with zero attached hydrogens (tertiary/aromatic N) is 3. The molecule has 5 nitrogen and oxygen atoms in total. The molecular formula is C21H24ClN3O2S. The highest BCUT2D eigenvalue weighted by Gasteiger charge is 2.40. The van der Waals surface area contributed by atoms with E-state index >= 15 is 0 Å². The van der Waals surface area contributed by atoms with E-state index in [0.717, 1.165) is 16.9 Å². The number of fused-ring (bicyclic) bond motifs is 1. The molecule has 0 aromatic heterocycles. The average Bonchev–Trinajstić information content (AvgIpc) is 2.82. The highest BCUT2D eigenvalue weighted by molar-refractivity contribution is 7.80. The predicted molar refractivity (Wildman–Crippen MR) is 116 cm³/mol. The number of amides is 2. The van der Waals surface area contributed by atoms with Crippen LogP contribution in [0.2, 0.25) is 5.02 Å². The van der Waals surface area contributed by atoms with Crippen molar-refractivity contribution in [2.24, 2.45) is 0 Å². The zero-order valence-electron chi connectivity index (χ0n) is 16.7. The second-order valence-electron chi connectivity index (χ2n) is 7.36. The Morgan fingerprint density at radius 2 is 1.64 bits per heavy atom. The monoisotopic (exact) mass is 417 g/mol. The Hall–Kier alpha value is -2.18. The number of benzene rings is 1. The molecule has 0 bridgehead atoms. The molecule has 148 valence electrons. The van der Waals surface area contributed by atoms with Crippen LogP contribution in [0.4, 0.5) is 5.69 Å². The number of carbonyl (C=O) groups is 2. The summed E-state index contributed by atoms with van der Waals surface area (Å²) in [6, 6.07) is 5.82. The van der Waals surface area contributed by atoms with Crippen LogP contribution in [-0.2, 0) is 15.0 Å². The lowest BCUT2D eigenvalue weighted by molar-refractivity contribution is -0.133. The second-order valence-corrected chi connectivity index (χ2v) is 8.16. The largest absolute Gasteiger partial charge is 0.347 e. The van der Waals surface area contributed by atoms with Crippen molar-refractivity contribution in [3.05, 3.63) is 52.2 Å². The summed E-state index contributed by atoms with van der Waals surface area (Å²) in [7, 11) is 1.97. The predicted octanol–water partition coefficient (Wildman–Crippen LogP) is 3.87. The Labute approximate surface area is 176 Å². The molecule has 1 aromatic rings. The van der Waals surface area contributed by atoms with Gasteiger partial charge in [-0.05, 0) is 62.0 Å².